The number of nitrogens with one attached hydrogen (secondary N) is 1. The highest BCUT2D eigenvalue weighted by Crippen LogP contribution is 2.23. The molecule has 0 saturated heterocycles. The molecule has 1 amide bonds. The molecular formula is C15H10BrCl2NO. The third-order valence-electron chi connectivity index (χ3n) is 2.51. The van der Waals surface area contributed by atoms with Crippen molar-refractivity contribution in [1.29, 1.82) is 0 Å². The average molecular weight is 371 g/mol. The fourth-order valence-electron chi connectivity index (χ4n) is 1.54. The number of carbonyl (C=O) groups is 1. The second-order valence-corrected chi connectivity index (χ2v) is 5.67. The van der Waals surface area contributed by atoms with Gasteiger partial charge in [0, 0.05) is 20.6 Å². The molecule has 0 heterocycles. The Balaban J connectivity index is 2.08. The number of hydrogen-bond acceptors (Lipinski definition) is 1. The van der Waals surface area contributed by atoms with E-state index in [-0.39, 0.29) is 5.91 Å². The van der Waals surface area contributed by atoms with Gasteiger partial charge in [0.2, 0.25) is 5.91 Å². The van der Waals surface area contributed by atoms with Crippen LogP contribution in [0.3, 0.4) is 0 Å². The van der Waals surface area contributed by atoms with Crippen molar-refractivity contribution >= 4 is 56.8 Å². The van der Waals surface area contributed by atoms with Crippen molar-refractivity contribution in [2.75, 3.05) is 5.32 Å². The first-order valence-electron chi connectivity index (χ1n) is 5.75. The summed E-state index contributed by atoms with van der Waals surface area (Å²) in [5, 5.41) is 3.83. The first-order chi connectivity index (χ1) is 9.56. The van der Waals surface area contributed by atoms with Crippen LogP contribution < -0.4 is 5.32 Å². The van der Waals surface area contributed by atoms with Crippen LogP contribution in [0.5, 0.6) is 0 Å². The van der Waals surface area contributed by atoms with Crippen LogP contribution in [-0.2, 0) is 4.79 Å². The minimum absolute atomic E-state index is 0.233. The largest absolute Gasteiger partial charge is 0.321 e. The molecule has 0 bridgehead atoms. The van der Waals surface area contributed by atoms with Gasteiger partial charge in [-0.1, -0.05) is 41.4 Å². The molecule has 2 nitrogen and oxygen atoms in total. The summed E-state index contributed by atoms with van der Waals surface area (Å²) in [5.41, 5.74) is 1.45. The number of rotatable bonds is 3. The first-order valence-corrected chi connectivity index (χ1v) is 7.30. The van der Waals surface area contributed by atoms with Gasteiger partial charge in [0.05, 0.1) is 5.69 Å². The van der Waals surface area contributed by atoms with E-state index in [1.165, 1.54) is 6.08 Å². The number of anilines is 1. The van der Waals surface area contributed by atoms with Gasteiger partial charge >= 0.3 is 0 Å². The molecule has 0 radical (unpaired) electrons. The zero-order valence-electron chi connectivity index (χ0n) is 10.2. The van der Waals surface area contributed by atoms with E-state index in [0.29, 0.717) is 15.7 Å². The van der Waals surface area contributed by atoms with Gasteiger partial charge in [0.15, 0.2) is 0 Å². The standard InChI is InChI=1S/C15H10BrCl2NO/c16-12-3-1-2-4-14(12)19-15(20)8-6-10-5-7-11(17)9-13(10)18/h1-9H,(H,19,20). The fourth-order valence-corrected chi connectivity index (χ4v) is 2.39. The Hall–Kier alpha value is -1.29. The number of para-hydroxylation sites is 1. The van der Waals surface area contributed by atoms with Crippen molar-refractivity contribution in [3.05, 3.63) is 68.6 Å². The minimum atomic E-state index is -0.233. The molecule has 0 fully saturated rings. The second kappa shape index (κ2) is 6.93. The number of halogens is 3. The highest BCUT2D eigenvalue weighted by atomic mass is 79.9. The topological polar surface area (TPSA) is 29.1 Å². The maximum absolute atomic E-state index is 11.8. The third-order valence-corrected chi connectivity index (χ3v) is 3.76. The lowest BCUT2D eigenvalue weighted by molar-refractivity contribution is -0.111. The summed E-state index contributed by atoms with van der Waals surface area (Å²) in [6.07, 6.45) is 3.07. The van der Waals surface area contributed by atoms with Crippen molar-refractivity contribution in [3.8, 4) is 0 Å². The van der Waals surface area contributed by atoms with Crippen molar-refractivity contribution in [2.45, 2.75) is 0 Å². The number of carbonyl (C=O) groups excluding carboxylic acids is 1. The molecule has 20 heavy (non-hydrogen) atoms. The van der Waals surface area contributed by atoms with Crippen molar-refractivity contribution in [3.63, 3.8) is 0 Å². The third kappa shape index (κ3) is 4.10. The molecule has 5 heteroatoms. The molecule has 0 spiro atoms. The Kier molecular flexibility index (Phi) is 5.24. The van der Waals surface area contributed by atoms with Gasteiger partial charge in [-0.05, 0) is 51.8 Å². The predicted molar refractivity (Wildman–Crippen MR) is 88.3 cm³/mol. The monoisotopic (exact) mass is 369 g/mol. The Labute approximate surface area is 135 Å². The normalized spacial score (nSPS) is 10.8. The smallest absolute Gasteiger partial charge is 0.248 e. The summed E-state index contributed by atoms with van der Waals surface area (Å²) in [5.74, 6) is -0.233. The summed E-state index contributed by atoms with van der Waals surface area (Å²) >= 11 is 15.2. The zero-order chi connectivity index (χ0) is 14.5. The number of hydrogen-bond donors (Lipinski definition) is 1. The maximum Gasteiger partial charge on any atom is 0.248 e. The zero-order valence-corrected chi connectivity index (χ0v) is 13.3. The molecule has 1 N–H and O–H groups in total. The lowest BCUT2D eigenvalue weighted by Crippen LogP contribution is -2.08. The summed E-state index contributed by atoms with van der Waals surface area (Å²) < 4.78 is 0.825. The Bertz CT molecular complexity index is 671. The van der Waals surface area contributed by atoms with Crippen molar-refractivity contribution in [1.82, 2.24) is 0 Å². The summed E-state index contributed by atoms with van der Waals surface area (Å²) in [6, 6.07) is 12.5. The second-order valence-electron chi connectivity index (χ2n) is 3.97. The Morgan fingerprint density at radius 2 is 1.90 bits per heavy atom. The molecule has 0 aliphatic heterocycles. The molecule has 0 aliphatic rings. The van der Waals surface area contributed by atoms with Crippen LogP contribution in [-0.4, -0.2) is 5.91 Å². The SMILES string of the molecule is O=C(C=Cc1ccc(Cl)cc1Cl)Nc1ccccc1Br. The highest BCUT2D eigenvalue weighted by molar-refractivity contribution is 9.10. The molecule has 2 aromatic rings. The van der Waals surface area contributed by atoms with Gasteiger partial charge in [-0.2, -0.15) is 0 Å². The molecule has 0 aromatic heterocycles. The maximum atomic E-state index is 11.8. The van der Waals surface area contributed by atoms with Crippen LogP contribution in [0.1, 0.15) is 5.56 Å². The molecule has 102 valence electrons. The lowest BCUT2D eigenvalue weighted by atomic mass is 10.2. The molecule has 2 rings (SSSR count). The molecule has 2 aromatic carbocycles. The van der Waals surface area contributed by atoms with Crippen LogP contribution in [0, 0.1) is 0 Å². The van der Waals surface area contributed by atoms with Crippen LogP contribution in [0.4, 0.5) is 5.69 Å². The Morgan fingerprint density at radius 1 is 1.15 bits per heavy atom. The molecule has 0 saturated carbocycles. The predicted octanol–water partition coefficient (Wildman–Crippen LogP) is 5.41. The molecule has 0 unspecified atom stereocenters. The molecular weight excluding hydrogens is 361 g/mol. The fraction of sp³-hybridized carbons (Fsp3) is 0. The molecule has 0 atom stereocenters. The summed E-state index contributed by atoms with van der Waals surface area (Å²) in [7, 11) is 0. The van der Waals surface area contributed by atoms with Gasteiger partial charge in [0.25, 0.3) is 0 Å². The van der Waals surface area contributed by atoms with E-state index in [2.05, 4.69) is 21.2 Å². The minimum Gasteiger partial charge on any atom is -0.321 e. The molecule has 0 aliphatic carbocycles. The summed E-state index contributed by atoms with van der Waals surface area (Å²) in [4.78, 5) is 11.8. The van der Waals surface area contributed by atoms with Crippen LogP contribution in [0.25, 0.3) is 6.08 Å². The number of benzene rings is 2. The van der Waals surface area contributed by atoms with E-state index in [1.54, 1.807) is 24.3 Å². The lowest BCUT2D eigenvalue weighted by Gasteiger charge is -2.04. The van der Waals surface area contributed by atoms with Crippen molar-refractivity contribution in [2.24, 2.45) is 0 Å². The Morgan fingerprint density at radius 3 is 2.60 bits per heavy atom. The van der Waals surface area contributed by atoms with Crippen LogP contribution >= 0.6 is 39.1 Å². The van der Waals surface area contributed by atoms with E-state index in [0.717, 1.165) is 10.0 Å². The van der Waals surface area contributed by atoms with Gasteiger partial charge in [0.1, 0.15) is 0 Å². The van der Waals surface area contributed by atoms with E-state index >= 15 is 0 Å². The van der Waals surface area contributed by atoms with E-state index in [1.807, 2.05) is 24.3 Å². The van der Waals surface area contributed by atoms with E-state index < -0.39 is 0 Å². The average Bonchev–Trinajstić information content (AvgIpc) is 2.40. The van der Waals surface area contributed by atoms with Gasteiger partial charge in [-0.25, -0.2) is 0 Å². The van der Waals surface area contributed by atoms with E-state index in [9.17, 15) is 4.79 Å². The van der Waals surface area contributed by atoms with Crippen LogP contribution in [0.15, 0.2) is 53.0 Å². The van der Waals surface area contributed by atoms with Crippen molar-refractivity contribution < 1.29 is 4.79 Å². The quantitative estimate of drug-likeness (QED) is 0.719. The van der Waals surface area contributed by atoms with Crippen LogP contribution in [0.2, 0.25) is 10.0 Å². The number of amides is 1. The van der Waals surface area contributed by atoms with Gasteiger partial charge < -0.3 is 5.32 Å². The van der Waals surface area contributed by atoms with Gasteiger partial charge in [-0.3, -0.25) is 4.79 Å². The first kappa shape index (κ1) is 15.1. The van der Waals surface area contributed by atoms with Gasteiger partial charge in [-0.15, -0.1) is 0 Å². The highest BCUT2D eigenvalue weighted by Gasteiger charge is 2.02. The summed E-state index contributed by atoms with van der Waals surface area (Å²) in [6.45, 7) is 0. The van der Waals surface area contributed by atoms with E-state index in [4.69, 9.17) is 23.2 Å².